The van der Waals surface area contributed by atoms with Crippen molar-refractivity contribution in [2.45, 2.75) is 50.7 Å². The Bertz CT molecular complexity index is 614. The van der Waals surface area contributed by atoms with E-state index in [-0.39, 0.29) is 6.04 Å². The van der Waals surface area contributed by atoms with E-state index in [0.717, 1.165) is 48.6 Å². The number of amides is 1. The Morgan fingerprint density at radius 3 is 2.54 bits per heavy atom. The molecule has 3 heteroatoms. The van der Waals surface area contributed by atoms with Gasteiger partial charge in [0, 0.05) is 18.5 Å². The molecule has 24 heavy (non-hydrogen) atoms. The first kappa shape index (κ1) is 14.9. The van der Waals surface area contributed by atoms with Crippen molar-refractivity contribution in [3.05, 3.63) is 35.9 Å². The zero-order chi connectivity index (χ0) is 16.3. The largest absolute Gasteiger partial charge is 0.388 e. The molecule has 3 aliphatic carbocycles. The summed E-state index contributed by atoms with van der Waals surface area (Å²) in [5.41, 5.74) is 0.970. The first-order chi connectivity index (χ1) is 11.7. The van der Waals surface area contributed by atoms with Crippen LogP contribution in [0.5, 0.6) is 0 Å². The molecule has 128 valence electrons. The lowest BCUT2D eigenvalue weighted by Crippen LogP contribution is -2.38. The molecule has 0 spiro atoms. The second kappa shape index (κ2) is 5.59. The predicted molar refractivity (Wildman–Crippen MR) is 92.1 cm³/mol. The number of rotatable bonds is 4. The Morgan fingerprint density at radius 2 is 1.83 bits per heavy atom. The van der Waals surface area contributed by atoms with Crippen LogP contribution in [0.25, 0.3) is 0 Å². The Balaban J connectivity index is 1.26. The van der Waals surface area contributed by atoms with Gasteiger partial charge in [-0.25, -0.2) is 0 Å². The van der Waals surface area contributed by atoms with Crippen LogP contribution in [-0.4, -0.2) is 28.5 Å². The maximum absolute atomic E-state index is 13.1. The molecule has 1 amide bonds. The maximum atomic E-state index is 13.1. The fraction of sp³-hybridized carbons (Fsp3) is 0.667. The molecular weight excluding hydrogens is 298 g/mol. The van der Waals surface area contributed by atoms with Gasteiger partial charge in [0.2, 0.25) is 5.91 Å². The van der Waals surface area contributed by atoms with E-state index in [4.69, 9.17) is 0 Å². The topological polar surface area (TPSA) is 40.5 Å². The summed E-state index contributed by atoms with van der Waals surface area (Å²) in [5.74, 6) is 3.90. The van der Waals surface area contributed by atoms with Gasteiger partial charge in [0.05, 0.1) is 6.10 Å². The molecule has 1 aromatic carbocycles. The lowest BCUT2D eigenvalue weighted by atomic mass is 9.99. The van der Waals surface area contributed by atoms with Gasteiger partial charge in [0.1, 0.15) is 0 Å². The third-order valence-electron chi connectivity index (χ3n) is 7.36. The van der Waals surface area contributed by atoms with E-state index >= 15 is 0 Å². The van der Waals surface area contributed by atoms with Gasteiger partial charge in [-0.05, 0) is 67.8 Å². The molecule has 1 N–H and O–H groups in total. The van der Waals surface area contributed by atoms with E-state index in [1.807, 2.05) is 30.3 Å². The Kier molecular flexibility index (Phi) is 3.48. The molecule has 1 aliphatic heterocycles. The van der Waals surface area contributed by atoms with Crippen molar-refractivity contribution in [3.8, 4) is 0 Å². The normalized spacial score (nSPS) is 40.6. The summed E-state index contributed by atoms with van der Waals surface area (Å²) in [6, 6.07) is 10.1. The minimum atomic E-state index is -0.459. The Labute approximate surface area is 144 Å². The molecule has 4 aliphatic rings. The second-order valence-electron chi connectivity index (χ2n) is 8.50. The highest BCUT2D eigenvalue weighted by Gasteiger charge is 2.68. The zero-order valence-corrected chi connectivity index (χ0v) is 14.2. The van der Waals surface area contributed by atoms with E-state index in [1.54, 1.807) is 0 Å². The lowest BCUT2D eigenvalue weighted by Gasteiger charge is -2.28. The highest BCUT2D eigenvalue weighted by Crippen LogP contribution is 2.69. The molecule has 6 atom stereocenters. The molecule has 5 rings (SSSR count). The van der Waals surface area contributed by atoms with E-state index in [0.29, 0.717) is 18.2 Å². The summed E-state index contributed by atoms with van der Waals surface area (Å²) in [6.45, 7) is 0.899. The SMILES string of the molecule is O=C(C1C2C3CCC(C3)C12)N1CCCC1CC(O)c1ccccc1. The number of fused-ring (bicyclic) bond motifs is 5. The maximum Gasteiger partial charge on any atom is 0.226 e. The van der Waals surface area contributed by atoms with Crippen LogP contribution in [0.4, 0.5) is 0 Å². The van der Waals surface area contributed by atoms with E-state index < -0.39 is 6.10 Å². The molecule has 3 saturated carbocycles. The summed E-state index contributed by atoms with van der Waals surface area (Å²) in [5, 5.41) is 10.6. The van der Waals surface area contributed by atoms with Crippen molar-refractivity contribution < 1.29 is 9.90 Å². The van der Waals surface area contributed by atoms with Crippen LogP contribution >= 0.6 is 0 Å². The number of carbonyl (C=O) groups excluding carboxylic acids is 1. The van der Waals surface area contributed by atoms with Gasteiger partial charge in [-0.2, -0.15) is 0 Å². The van der Waals surface area contributed by atoms with Gasteiger partial charge in [-0.15, -0.1) is 0 Å². The van der Waals surface area contributed by atoms with E-state index in [9.17, 15) is 9.90 Å². The number of aliphatic hydroxyl groups excluding tert-OH is 1. The monoisotopic (exact) mass is 325 g/mol. The van der Waals surface area contributed by atoms with Crippen LogP contribution in [0.2, 0.25) is 0 Å². The summed E-state index contributed by atoms with van der Waals surface area (Å²) in [4.78, 5) is 15.2. The third-order valence-corrected chi connectivity index (χ3v) is 7.36. The number of carbonyl (C=O) groups is 1. The van der Waals surface area contributed by atoms with Crippen LogP contribution in [0.3, 0.4) is 0 Å². The van der Waals surface area contributed by atoms with Crippen LogP contribution < -0.4 is 0 Å². The average Bonchev–Trinajstić information content (AvgIpc) is 2.96. The first-order valence-corrected chi connectivity index (χ1v) is 9.77. The quantitative estimate of drug-likeness (QED) is 0.922. The molecule has 4 fully saturated rings. The fourth-order valence-electron chi connectivity index (χ4n) is 6.29. The van der Waals surface area contributed by atoms with Crippen LogP contribution in [0.1, 0.15) is 50.2 Å². The van der Waals surface area contributed by atoms with Gasteiger partial charge in [0.15, 0.2) is 0 Å². The summed E-state index contributed by atoms with van der Waals surface area (Å²) in [7, 11) is 0. The lowest BCUT2D eigenvalue weighted by molar-refractivity contribution is -0.135. The van der Waals surface area contributed by atoms with Crippen LogP contribution in [0, 0.1) is 29.6 Å². The molecule has 1 aromatic rings. The molecule has 1 saturated heterocycles. The van der Waals surface area contributed by atoms with Crippen molar-refractivity contribution in [2.24, 2.45) is 29.6 Å². The molecular formula is C21H27NO2. The van der Waals surface area contributed by atoms with E-state index in [1.165, 1.54) is 19.3 Å². The number of benzene rings is 1. The van der Waals surface area contributed by atoms with Crippen molar-refractivity contribution in [3.63, 3.8) is 0 Å². The number of likely N-dealkylation sites (tertiary alicyclic amines) is 1. The van der Waals surface area contributed by atoms with Crippen LogP contribution in [0.15, 0.2) is 30.3 Å². The highest BCUT2D eigenvalue weighted by molar-refractivity contribution is 5.83. The molecule has 3 nitrogen and oxygen atoms in total. The number of nitrogens with zero attached hydrogens (tertiary/aromatic N) is 1. The minimum absolute atomic E-state index is 0.228. The highest BCUT2D eigenvalue weighted by atomic mass is 16.3. The van der Waals surface area contributed by atoms with Gasteiger partial charge in [-0.1, -0.05) is 30.3 Å². The summed E-state index contributed by atoms with van der Waals surface area (Å²) >= 11 is 0. The molecule has 2 bridgehead atoms. The predicted octanol–water partition coefficient (Wildman–Crippen LogP) is 3.39. The Morgan fingerprint density at radius 1 is 1.12 bits per heavy atom. The van der Waals surface area contributed by atoms with Crippen molar-refractivity contribution in [1.29, 1.82) is 0 Å². The molecule has 0 aromatic heterocycles. The summed E-state index contributed by atoms with van der Waals surface area (Å²) < 4.78 is 0. The van der Waals surface area contributed by atoms with Crippen molar-refractivity contribution in [2.75, 3.05) is 6.54 Å². The average molecular weight is 325 g/mol. The van der Waals surface area contributed by atoms with E-state index in [2.05, 4.69) is 4.90 Å². The minimum Gasteiger partial charge on any atom is -0.388 e. The Hall–Kier alpha value is -1.35. The standard InChI is InChI=1S/C21H27NO2/c23-17(13-5-2-1-3-6-13)12-16-7-4-10-22(16)21(24)20-18-14-8-9-15(11-14)19(18)20/h1-3,5-6,14-20,23H,4,7-12H2. The second-order valence-corrected chi connectivity index (χ2v) is 8.50. The van der Waals surface area contributed by atoms with Gasteiger partial charge in [0.25, 0.3) is 0 Å². The zero-order valence-electron chi connectivity index (χ0n) is 14.2. The molecule has 6 unspecified atom stereocenters. The third kappa shape index (κ3) is 2.24. The number of hydrogen-bond acceptors (Lipinski definition) is 2. The number of hydrogen-bond donors (Lipinski definition) is 1. The van der Waals surface area contributed by atoms with Gasteiger partial charge < -0.3 is 10.0 Å². The molecule has 1 heterocycles. The molecule has 0 radical (unpaired) electrons. The fourth-order valence-corrected chi connectivity index (χ4v) is 6.29. The van der Waals surface area contributed by atoms with Gasteiger partial charge in [-0.3, -0.25) is 4.79 Å². The summed E-state index contributed by atoms with van der Waals surface area (Å²) in [6.07, 6.45) is 6.49. The number of aliphatic hydroxyl groups is 1. The van der Waals surface area contributed by atoms with Crippen molar-refractivity contribution in [1.82, 2.24) is 4.90 Å². The first-order valence-electron chi connectivity index (χ1n) is 9.77. The smallest absolute Gasteiger partial charge is 0.226 e. The van der Waals surface area contributed by atoms with Crippen molar-refractivity contribution >= 4 is 5.91 Å². The van der Waals surface area contributed by atoms with Crippen LogP contribution in [-0.2, 0) is 4.79 Å². The van der Waals surface area contributed by atoms with Gasteiger partial charge >= 0.3 is 0 Å².